The molecule has 0 aliphatic carbocycles. The minimum absolute atomic E-state index is 0.301. The molecule has 2 rings (SSSR count). The van der Waals surface area contributed by atoms with Crippen LogP contribution < -0.4 is 10.1 Å². The van der Waals surface area contributed by atoms with Crippen LogP contribution in [0.2, 0.25) is 0 Å². The van der Waals surface area contributed by atoms with Gasteiger partial charge in [0.25, 0.3) is 0 Å². The number of nitrogens with one attached hydrogen (secondary N) is 1. The maximum atomic E-state index is 13.5. The molecule has 6 heteroatoms. The minimum Gasteiger partial charge on any atom is -0.497 e. The van der Waals surface area contributed by atoms with Crippen LogP contribution >= 0.6 is 15.9 Å². The smallest absolute Gasteiger partial charge is 0.146 e. The molecular formula is C11H9BrFN3O. The Kier molecular flexibility index (Phi) is 3.53. The minimum atomic E-state index is -0.375. The van der Waals surface area contributed by atoms with Crippen LogP contribution in [0, 0.1) is 5.82 Å². The van der Waals surface area contributed by atoms with E-state index in [1.54, 1.807) is 18.2 Å². The third kappa shape index (κ3) is 2.91. The summed E-state index contributed by atoms with van der Waals surface area (Å²) < 4.78 is 19.2. The van der Waals surface area contributed by atoms with Crippen molar-refractivity contribution in [2.24, 2.45) is 0 Å². The number of ether oxygens (including phenoxy) is 1. The Hall–Kier alpha value is -1.69. The predicted molar refractivity (Wildman–Crippen MR) is 66.0 cm³/mol. The van der Waals surface area contributed by atoms with Crippen LogP contribution in [0.15, 0.2) is 35.2 Å². The second kappa shape index (κ2) is 5.09. The van der Waals surface area contributed by atoms with Crippen LogP contribution in [0.3, 0.4) is 0 Å². The Morgan fingerprint density at radius 3 is 2.82 bits per heavy atom. The lowest BCUT2D eigenvalue weighted by molar-refractivity contribution is 0.414. The monoisotopic (exact) mass is 297 g/mol. The zero-order chi connectivity index (χ0) is 12.3. The lowest BCUT2D eigenvalue weighted by Gasteiger charge is -2.08. The standard InChI is InChI=1S/C11H9BrFN3O/c1-17-7-2-3-8(13)9(4-7)16-11-5-10(12)14-6-15-11/h2-6H,1H3,(H,14,15,16). The zero-order valence-corrected chi connectivity index (χ0v) is 10.5. The topological polar surface area (TPSA) is 47.0 Å². The summed E-state index contributed by atoms with van der Waals surface area (Å²) in [6.07, 6.45) is 1.38. The highest BCUT2D eigenvalue weighted by Gasteiger charge is 2.05. The summed E-state index contributed by atoms with van der Waals surface area (Å²) in [6.45, 7) is 0. The fourth-order valence-corrected chi connectivity index (χ4v) is 1.58. The molecule has 0 aliphatic heterocycles. The van der Waals surface area contributed by atoms with Gasteiger partial charge in [0.15, 0.2) is 0 Å². The molecule has 0 unspecified atom stereocenters. The first-order valence-corrected chi connectivity index (χ1v) is 5.56. The molecule has 17 heavy (non-hydrogen) atoms. The normalized spacial score (nSPS) is 10.1. The van der Waals surface area contributed by atoms with Gasteiger partial charge in [-0.1, -0.05) is 0 Å². The van der Waals surface area contributed by atoms with Crippen LogP contribution in [0.4, 0.5) is 15.9 Å². The SMILES string of the molecule is COc1ccc(F)c(Nc2cc(Br)ncn2)c1. The van der Waals surface area contributed by atoms with Crippen molar-refractivity contribution in [1.82, 2.24) is 9.97 Å². The van der Waals surface area contributed by atoms with Crippen LogP contribution in [-0.2, 0) is 0 Å². The third-order valence-corrected chi connectivity index (χ3v) is 2.50. The van der Waals surface area contributed by atoms with E-state index in [1.807, 2.05) is 0 Å². The van der Waals surface area contributed by atoms with Crippen LogP contribution in [0.25, 0.3) is 0 Å². The molecule has 1 aromatic carbocycles. The largest absolute Gasteiger partial charge is 0.497 e. The summed E-state index contributed by atoms with van der Waals surface area (Å²) in [6, 6.07) is 6.10. The molecule has 0 radical (unpaired) electrons. The molecule has 2 aromatic rings. The molecule has 0 atom stereocenters. The van der Waals surface area contributed by atoms with Crippen molar-refractivity contribution >= 4 is 27.4 Å². The lowest BCUT2D eigenvalue weighted by atomic mass is 10.3. The first-order valence-electron chi connectivity index (χ1n) is 4.77. The van der Waals surface area contributed by atoms with Crippen LogP contribution in [0.1, 0.15) is 0 Å². The van der Waals surface area contributed by atoms with Crippen molar-refractivity contribution in [2.45, 2.75) is 0 Å². The van der Waals surface area contributed by atoms with E-state index in [4.69, 9.17) is 4.74 Å². The van der Waals surface area contributed by atoms with Crippen molar-refractivity contribution in [3.8, 4) is 5.75 Å². The number of hydrogen-bond donors (Lipinski definition) is 1. The van der Waals surface area contributed by atoms with Crippen molar-refractivity contribution in [3.05, 3.63) is 41.0 Å². The number of aromatic nitrogens is 2. The average Bonchev–Trinajstić information content (AvgIpc) is 2.32. The van der Waals surface area contributed by atoms with Gasteiger partial charge >= 0.3 is 0 Å². The van der Waals surface area contributed by atoms with Crippen LogP contribution in [-0.4, -0.2) is 17.1 Å². The summed E-state index contributed by atoms with van der Waals surface area (Å²) >= 11 is 3.21. The highest BCUT2D eigenvalue weighted by Crippen LogP contribution is 2.24. The molecule has 1 aromatic heterocycles. The Balaban J connectivity index is 2.29. The van der Waals surface area contributed by atoms with Gasteiger partial charge in [0.1, 0.15) is 28.3 Å². The van der Waals surface area contributed by atoms with E-state index in [0.29, 0.717) is 21.9 Å². The van der Waals surface area contributed by atoms with E-state index in [1.165, 1.54) is 19.5 Å². The highest BCUT2D eigenvalue weighted by molar-refractivity contribution is 9.10. The third-order valence-electron chi connectivity index (χ3n) is 2.07. The van der Waals surface area contributed by atoms with E-state index in [2.05, 4.69) is 31.2 Å². The highest BCUT2D eigenvalue weighted by atomic mass is 79.9. The summed E-state index contributed by atoms with van der Waals surface area (Å²) in [5, 5.41) is 2.85. The molecule has 0 amide bonds. The first-order chi connectivity index (χ1) is 8.19. The first kappa shape index (κ1) is 11.8. The van der Waals surface area contributed by atoms with Crippen molar-refractivity contribution in [1.29, 1.82) is 0 Å². The van der Waals surface area contributed by atoms with Gasteiger partial charge in [0.05, 0.1) is 12.8 Å². The number of hydrogen-bond acceptors (Lipinski definition) is 4. The molecule has 4 nitrogen and oxygen atoms in total. The number of anilines is 2. The number of rotatable bonds is 3. The molecule has 0 bridgehead atoms. The molecule has 1 heterocycles. The van der Waals surface area contributed by atoms with E-state index in [9.17, 15) is 4.39 Å². The van der Waals surface area contributed by atoms with Crippen molar-refractivity contribution < 1.29 is 9.13 Å². The second-order valence-corrected chi connectivity index (χ2v) is 4.01. The summed E-state index contributed by atoms with van der Waals surface area (Å²) in [5.41, 5.74) is 0.301. The number of methoxy groups -OCH3 is 1. The summed E-state index contributed by atoms with van der Waals surface area (Å²) in [5.74, 6) is 0.696. The molecule has 1 N–H and O–H groups in total. The Morgan fingerprint density at radius 1 is 1.29 bits per heavy atom. The molecular weight excluding hydrogens is 289 g/mol. The van der Waals surface area contributed by atoms with E-state index in [-0.39, 0.29) is 5.82 Å². The maximum absolute atomic E-state index is 13.5. The van der Waals surface area contributed by atoms with Gasteiger partial charge in [0.2, 0.25) is 0 Å². The quantitative estimate of drug-likeness (QED) is 0.884. The fourth-order valence-electron chi connectivity index (χ4n) is 1.27. The van der Waals surface area contributed by atoms with Gasteiger partial charge in [-0.05, 0) is 28.1 Å². The van der Waals surface area contributed by atoms with Crippen LogP contribution in [0.5, 0.6) is 5.75 Å². The molecule has 0 fully saturated rings. The van der Waals surface area contributed by atoms with Gasteiger partial charge in [-0.15, -0.1) is 0 Å². The van der Waals surface area contributed by atoms with Gasteiger partial charge in [0, 0.05) is 12.1 Å². The molecule has 0 saturated heterocycles. The molecule has 0 aliphatic rings. The second-order valence-electron chi connectivity index (χ2n) is 3.20. The number of halogens is 2. The predicted octanol–water partition coefficient (Wildman–Crippen LogP) is 3.13. The van der Waals surface area contributed by atoms with Crippen molar-refractivity contribution in [3.63, 3.8) is 0 Å². The Labute approximate surface area is 106 Å². The van der Waals surface area contributed by atoms with E-state index >= 15 is 0 Å². The van der Waals surface area contributed by atoms with E-state index < -0.39 is 0 Å². The Morgan fingerprint density at radius 2 is 2.12 bits per heavy atom. The maximum Gasteiger partial charge on any atom is 0.146 e. The molecule has 0 spiro atoms. The summed E-state index contributed by atoms with van der Waals surface area (Å²) in [4.78, 5) is 7.86. The van der Waals surface area contributed by atoms with Gasteiger partial charge < -0.3 is 10.1 Å². The number of benzene rings is 1. The van der Waals surface area contributed by atoms with Gasteiger partial charge in [-0.2, -0.15) is 0 Å². The fraction of sp³-hybridized carbons (Fsp3) is 0.0909. The molecule has 0 saturated carbocycles. The van der Waals surface area contributed by atoms with Gasteiger partial charge in [-0.3, -0.25) is 0 Å². The Bertz CT molecular complexity index is 536. The average molecular weight is 298 g/mol. The lowest BCUT2D eigenvalue weighted by Crippen LogP contribution is -1.97. The number of nitrogens with zero attached hydrogens (tertiary/aromatic N) is 2. The molecule has 88 valence electrons. The van der Waals surface area contributed by atoms with E-state index in [0.717, 1.165) is 0 Å². The zero-order valence-electron chi connectivity index (χ0n) is 8.95. The van der Waals surface area contributed by atoms with Crippen molar-refractivity contribution in [2.75, 3.05) is 12.4 Å². The summed E-state index contributed by atoms with van der Waals surface area (Å²) in [7, 11) is 1.53. The van der Waals surface area contributed by atoms with Gasteiger partial charge in [-0.25, -0.2) is 14.4 Å².